The van der Waals surface area contributed by atoms with Crippen LogP contribution in [-0.4, -0.2) is 65.4 Å². The topological polar surface area (TPSA) is 105 Å². The summed E-state index contributed by atoms with van der Waals surface area (Å²) in [5.41, 5.74) is -0.640. The van der Waals surface area contributed by atoms with Gasteiger partial charge in [-0.1, -0.05) is 46.0 Å². The van der Waals surface area contributed by atoms with E-state index in [2.05, 4.69) is 5.32 Å². The summed E-state index contributed by atoms with van der Waals surface area (Å²) in [6, 6.07) is -1.05. The third kappa shape index (κ3) is 9.62. The van der Waals surface area contributed by atoms with Crippen LogP contribution in [0.1, 0.15) is 98.8 Å². The van der Waals surface area contributed by atoms with Gasteiger partial charge in [0.1, 0.15) is 11.6 Å². The van der Waals surface area contributed by atoms with E-state index >= 15 is 0 Å². The molecule has 0 aromatic heterocycles. The number of hydrogen-bond acceptors (Lipinski definition) is 6. The quantitative estimate of drug-likeness (QED) is 0.434. The maximum absolute atomic E-state index is 13.6. The van der Waals surface area contributed by atoms with Gasteiger partial charge in [-0.25, -0.2) is 9.59 Å². The molecule has 35 heavy (non-hydrogen) atoms. The van der Waals surface area contributed by atoms with Crippen LogP contribution >= 0.6 is 0 Å². The maximum Gasteiger partial charge on any atom is 0.407 e. The van der Waals surface area contributed by atoms with Crippen molar-refractivity contribution < 1.29 is 29.0 Å². The summed E-state index contributed by atoms with van der Waals surface area (Å²) >= 11 is 0. The van der Waals surface area contributed by atoms with E-state index in [0.717, 1.165) is 32.1 Å². The monoisotopic (exact) mass is 496 g/mol. The second-order valence-electron chi connectivity index (χ2n) is 11.8. The van der Waals surface area contributed by atoms with Crippen molar-refractivity contribution in [2.45, 2.75) is 123 Å². The number of methoxy groups -OCH3 is 1. The zero-order chi connectivity index (χ0) is 26.2. The molecule has 8 heteroatoms. The molecule has 0 aromatic carbocycles. The SMILES string of the molecule is COC(=O)C1CCCN1C(=O)[C@H](CC(C)C)C[C@H](O)[C@H](CC1CCCCC1)NC(=O)OC(C)(C)C. The van der Waals surface area contributed by atoms with Crippen molar-refractivity contribution in [2.75, 3.05) is 13.7 Å². The van der Waals surface area contributed by atoms with Crippen molar-refractivity contribution in [3.8, 4) is 0 Å². The molecule has 0 bridgehead atoms. The Morgan fingerprint density at radius 1 is 1.03 bits per heavy atom. The third-order valence-corrected chi connectivity index (χ3v) is 7.12. The normalized spacial score (nSPS) is 21.9. The van der Waals surface area contributed by atoms with Gasteiger partial charge in [-0.2, -0.15) is 0 Å². The molecule has 2 N–H and O–H groups in total. The van der Waals surface area contributed by atoms with E-state index in [1.54, 1.807) is 4.90 Å². The zero-order valence-corrected chi connectivity index (χ0v) is 22.7. The molecule has 1 heterocycles. The Kier molecular flexibility index (Phi) is 11.3. The number of alkyl carbamates (subject to hydrolysis) is 1. The van der Waals surface area contributed by atoms with Crippen molar-refractivity contribution in [1.82, 2.24) is 10.2 Å². The van der Waals surface area contributed by atoms with Crippen LogP contribution in [0.2, 0.25) is 0 Å². The number of rotatable bonds is 10. The van der Waals surface area contributed by atoms with E-state index in [9.17, 15) is 19.5 Å². The molecular formula is C27H48N2O6. The smallest absolute Gasteiger partial charge is 0.407 e. The molecule has 1 aliphatic carbocycles. The third-order valence-electron chi connectivity index (χ3n) is 7.12. The van der Waals surface area contributed by atoms with Crippen LogP contribution in [-0.2, 0) is 19.1 Å². The first-order chi connectivity index (χ1) is 16.4. The minimum absolute atomic E-state index is 0.112. The minimum Gasteiger partial charge on any atom is -0.467 e. The van der Waals surface area contributed by atoms with Crippen molar-refractivity contribution in [2.24, 2.45) is 17.8 Å². The summed E-state index contributed by atoms with van der Waals surface area (Å²) in [6.07, 6.45) is 7.14. The predicted molar refractivity (Wildman–Crippen MR) is 135 cm³/mol. The number of likely N-dealkylation sites (tertiary alicyclic amines) is 1. The summed E-state index contributed by atoms with van der Waals surface area (Å²) in [5, 5.41) is 14.3. The molecule has 2 amide bonds. The highest BCUT2D eigenvalue weighted by Gasteiger charge is 2.39. The molecule has 0 spiro atoms. The lowest BCUT2D eigenvalue weighted by Crippen LogP contribution is -2.49. The summed E-state index contributed by atoms with van der Waals surface area (Å²) in [5.74, 6) is -0.267. The lowest BCUT2D eigenvalue weighted by Gasteiger charge is -2.34. The van der Waals surface area contributed by atoms with Gasteiger partial charge in [0, 0.05) is 12.5 Å². The summed E-state index contributed by atoms with van der Waals surface area (Å²) in [4.78, 5) is 40.0. The lowest BCUT2D eigenvalue weighted by atomic mass is 9.81. The van der Waals surface area contributed by atoms with Gasteiger partial charge in [-0.15, -0.1) is 0 Å². The Hall–Kier alpha value is -1.83. The Balaban J connectivity index is 2.17. The molecule has 202 valence electrons. The Bertz CT molecular complexity index is 698. The highest BCUT2D eigenvalue weighted by molar-refractivity contribution is 5.86. The second-order valence-corrected chi connectivity index (χ2v) is 11.8. The van der Waals surface area contributed by atoms with Gasteiger partial charge in [0.15, 0.2) is 0 Å². The number of aliphatic hydroxyl groups is 1. The number of amides is 2. The predicted octanol–water partition coefficient (Wildman–Crippen LogP) is 4.43. The molecule has 2 rings (SSSR count). The van der Waals surface area contributed by atoms with E-state index in [4.69, 9.17) is 9.47 Å². The van der Waals surface area contributed by atoms with Crippen LogP contribution in [0, 0.1) is 17.8 Å². The number of aliphatic hydroxyl groups excluding tert-OH is 1. The molecule has 8 nitrogen and oxygen atoms in total. The first-order valence-corrected chi connectivity index (χ1v) is 13.5. The molecule has 1 unspecified atom stereocenters. The maximum atomic E-state index is 13.6. The first-order valence-electron chi connectivity index (χ1n) is 13.5. The Morgan fingerprint density at radius 3 is 2.26 bits per heavy atom. The zero-order valence-electron chi connectivity index (χ0n) is 22.7. The van der Waals surface area contributed by atoms with Gasteiger partial charge >= 0.3 is 12.1 Å². The number of carbonyl (C=O) groups excluding carboxylic acids is 3. The van der Waals surface area contributed by atoms with Gasteiger partial charge < -0.3 is 24.8 Å². The molecule has 0 radical (unpaired) electrons. The van der Waals surface area contributed by atoms with Gasteiger partial charge in [0.25, 0.3) is 0 Å². The average Bonchev–Trinajstić information content (AvgIpc) is 3.26. The molecular weight excluding hydrogens is 448 g/mol. The second kappa shape index (κ2) is 13.5. The minimum atomic E-state index is -0.892. The van der Waals surface area contributed by atoms with E-state index in [1.807, 2.05) is 34.6 Å². The van der Waals surface area contributed by atoms with Gasteiger partial charge in [-0.05, 0) is 64.7 Å². The van der Waals surface area contributed by atoms with Crippen molar-refractivity contribution in [1.29, 1.82) is 0 Å². The molecule has 1 aliphatic heterocycles. The van der Waals surface area contributed by atoms with E-state index in [-0.39, 0.29) is 24.2 Å². The molecule has 1 saturated carbocycles. The Labute approximate surface area is 211 Å². The number of hydrogen-bond donors (Lipinski definition) is 2. The number of carbonyl (C=O) groups is 3. The highest BCUT2D eigenvalue weighted by atomic mass is 16.6. The fraction of sp³-hybridized carbons (Fsp3) is 0.889. The number of nitrogens with zero attached hydrogens (tertiary/aromatic N) is 1. The average molecular weight is 497 g/mol. The molecule has 2 fully saturated rings. The van der Waals surface area contributed by atoms with Gasteiger partial charge in [-0.3, -0.25) is 4.79 Å². The fourth-order valence-corrected chi connectivity index (χ4v) is 5.52. The Morgan fingerprint density at radius 2 is 1.69 bits per heavy atom. The summed E-state index contributed by atoms with van der Waals surface area (Å²) in [6.45, 7) is 10.0. The lowest BCUT2D eigenvalue weighted by molar-refractivity contribution is -0.153. The highest BCUT2D eigenvalue weighted by Crippen LogP contribution is 2.31. The van der Waals surface area contributed by atoms with Gasteiger partial charge in [0.2, 0.25) is 5.91 Å². The van der Waals surface area contributed by atoms with Crippen molar-refractivity contribution in [3.63, 3.8) is 0 Å². The largest absolute Gasteiger partial charge is 0.467 e. The number of ether oxygens (including phenoxy) is 2. The molecule has 1 saturated heterocycles. The number of nitrogens with one attached hydrogen (secondary N) is 1. The van der Waals surface area contributed by atoms with Crippen LogP contribution in [0.15, 0.2) is 0 Å². The van der Waals surface area contributed by atoms with Crippen LogP contribution in [0.25, 0.3) is 0 Å². The molecule has 2 aliphatic rings. The van der Waals surface area contributed by atoms with Crippen molar-refractivity contribution >= 4 is 18.0 Å². The van der Waals surface area contributed by atoms with E-state index < -0.39 is 35.8 Å². The molecule has 4 atom stereocenters. The fourth-order valence-electron chi connectivity index (χ4n) is 5.52. The summed E-state index contributed by atoms with van der Waals surface area (Å²) < 4.78 is 10.4. The van der Waals surface area contributed by atoms with Crippen LogP contribution in [0.3, 0.4) is 0 Å². The van der Waals surface area contributed by atoms with Gasteiger partial charge in [0.05, 0.1) is 19.3 Å². The van der Waals surface area contributed by atoms with Crippen molar-refractivity contribution in [3.05, 3.63) is 0 Å². The summed E-state index contributed by atoms with van der Waals surface area (Å²) in [7, 11) is 1.34. The van der Waals surface area contributed by atoms with Crippen LogP contribution in [0.5, 0.6) is 0 Å². The molecule has 0 aromatic rings. The number of esters is 1. The van der Waals surface area contributed by atoms with Crippen LogP contribution in [0.4, 0.5) is 4.79 Å². The van der Waals surface area contributed by atoms with E-state index in [1.165, 1.54) is 13.5 Å². The van der Waals surface area contributed by atoms with Crippen LogP contribution < -0.4 is 5.32 Å². The first kappa shape index (κ1) is 29.4. The van der Waals surface area contributed by atoms with E-state index in [0.29, 0.717) is 31.7 Å². The standard InChI is InChI=1S/C27H48N2O6/c1-18(2)15-20(24(31)29-14-10-13-22(29)25(32)34-6)17-23(30)21(16-19-11-8-7-9-12-19)28-26(33)35-27(3,4)5/h18-23,30H,7-17H2,1-6H3,(H,28,33)/t20-,21+,22?,23+/m1/s1.